The average molecular weight is 212 g/mol. The molecule has 0 amide bonds. The van der Waals surface area contributed by atoms with E-state index < -0.39 is 0 Å². The van der Waals surface area contributed by atoms with Gasteiger partial charge in [-0.3, -0.25) is 0 Å². The van der Waals surface area contributed by atoms with Crippen molar-refractivity contribution in [1.82, 2.24) is 15.0 Å². The summed E-state index contributed by atoms with van der Waals surface area (Å²) in [5.74, 6) is 0. The topological polar surface area (TPSA) is 38.7 Å². The molecular weight excluding hydrogens is 206 g/mol. The van der Waals surface area contributed by atoms with E-state index in [9.17, 15) is 0 Å². The number of aromatic nitrogens is 3. The second-order valence-corrected chi connectivity index (χ2v) is 3.89. The average Bonchev–Trinajstić information content (AvgIpc) is 2.53. The van der Waals surface area contributed by atoms with Crippen LogP contribution in [0.25, 0.3) is 11.3 Å². The minimum Gasteiger partial charge on any atom is -0.241 e. The summed E-state index contributed by atoms with van der Waals surface area (Å²) in [6.07, 6.45) is 3.34. The Kier molecular flexibility index (Phi) is 2.24. The molecule has 3 nitrogen and oxygen atoms in total. The highest BCUT2D eigenvalue weighted by Crippen LogP contribution is 2.20. The Morgan fingerprint density at radius 1 is 1.31 bits per heavy atom. The lowest BCUT2D eigenvalue weighted by Gasteiger charge is -1.93. The van der Waals surface area contributed by atoms with Crippen LogP contribution in [-0.4, -0.2) is 15.0 Å². The van der Waals surface area contributed by atoms with Crippen molar-refractivity contribution in [3.8, 4) is 11.3 Å². The van der Waals surface area contributed by atoms with Gasteiger partial charge in [0.05, 0.1) is 10.7 Å². The van der Waals surface area contributed by atoms with Crippen molar-refractivity contribution in [2.24, 2.45) is 0 Å². The molecule has 0 spiro atoms. The van der Waals surface area contributed by atoms with Gasteiger partial charge in [0, 0.05) is 23.3 Å². The molecule has 0 bridgehead atoms. The molecule has 0 unspecified atom stereocenters. The highest BCUT2D eigenvalue weighted by molar-refractivity contribution is 7.09. The van der Waals surface area contributed by atoms with Crippen LogP contribution in [0.1, 0.15) is 5.01 Å². The summed E-state index contributed by atoms with van der Waals surface area (Å²) in [5, 5.41) is 3.27. The van der Waals surface area contributed by atoms with Gasteiger partial charge in [0.25, 0.3) is 0 Å². The number of halogens is 1. The predicted octanol–water partition coefficient (Wildman–Crippen LogP) is 2.56. The summed E-state index contributed by atoms with van der Waals surface area (Å²) >= 11 is 7.17. The fraction of sp³-hybridized carbons (Fsp3) is 0.125. The monoisotopic (exact) mass is 211 g/mol. The van der Waals surface area contributed by atoms with Crippen LogP contribution in [0.4, 0.5) is 0 Å². The first-order chi connectivity index (χ1) is 6.25. The zero-order valence-electron chi connectivity index (χ0n) is 6.86. The minimum absolute atomic E-state index is 0.260. The van der Waals surface area contributed by atoms with Crippen molar-refractivity contribution in [1.29, 1.82) is 0 Å². The number of aryl methyl sites for hydroxylation is 1. The highest BCUT2D eigenvalue weighted by atomic mass is 35.5. The summed E-state index contributed by atoms with van der Waals surface area (Å²) in [5.41, 5.74) is 1.80. The summed E-state index contributed by atoms with van der Waals surface area (Å²) in [7, 11) is 0. The molecule has 0 fully saturated rings. The van der Waals surface area contributed by atoms with Crippen LogP contribution in [-0.2, 0) is 0 Å². The van der Waals surface area contributed by atoms with E-state index in [-0.39, 0.29) is 5.28 Å². The van der Waals surface area contributed by atoms with Crippen molar-refractivity contribution in [2.45, 2.75) is 6.92 Å². The molecule has 66 valence electrons. The molecule has 0 N–H and O–H groups in total. The molecule has 2 aromatic rings. The molecule has 2 heterocycles. The SMILES string of the molecule is Cc1nc(-c2cnc(Cl)nc2)cs1. The third-order valence-corrected chi connectivity index (χ3v) is 2.50. The van der Waals surface area contributed by atoms with Gasteiger partial charge in [-0.1, -0.05) is 0 Å². The standard InChI is InChI=1S/C8H6ClN3S/c1-5-12-7(4-13-5)6-2-10-8(9)11-3-6/h2-4H,1H3. The molecule has 2 aromatic heterocycles. The lowest BCUT2D eigenvalue weighted by molar-refractivity contribution is 1.16. The molecular formula is C8H6ClN3S. The van der Waals surface area contributed by atoms with E-state index in [2.05, 4.69) is 15.0 Å². The lowest BCUT2D eigenvalue weighted by atomic mass is 10.3. The quantitative estimate of drug-likeness (QED) is 0.681. The maximum atomic E-state index is 5.56. The van der Waals surface area contributed by atoms with Crippen molar-refractivity contribution in [3.63, 3.8) is 0 Å². The summed E-state index contributed by atoms with van der Waals surface area (Å²) < 4.78 is 0. The maximum absolute atomic E-state index is 5.56. The first-order valence-electron chi connectivity index (χ1n) is 3.66. The number of rotatable bonds is 1. The van der Waals surface area contributed by atoms with E-state index >= 15 is 0 Å². The van der Waals surface area contributed by atoms with E-state index in [1.165, 1.54) is 0 Å². The van der Waals surface area contributed by atoms with Crippen LogP contribution < -0.4 is 0 Å². The Morgan fingerprint density at radius 3 is 2.54 bits per heavy atom. The van der Waals surface area contributed by atoms with Crippen LogP contribution in [0.15, 0.2) is 17.8 Å². The van der Waals surface area contributed by atoms with Gasteiger partial charge in [-0.15, -0.1) is 11.3 Å². The normalized spacial score (nSPS) is 10.3. The molecule has 0 radical (unpaired) electrons. The lowest BCUT2D eigenvalue weighted by Crippen LogP contribution is -1.84. The van der Waals surface area contributed by atoms with Gasteiger partial charge in [-0.2, -0.15) is 0 Å². The van der Waals surface area contributed by atoms with Gasteiger partial charge in [0.2, 0.25) is 5.28 Å². The van der Waals surface area contributed by atoms with Crippen LogP contribution in [0.3, 0.4) is 0 Å². The van der Waals surface area contributed by atoms with Crippen molar-refractivity contribution in [3.05, 3.63) is 28.1 Å². The Labute approximate surface area is 84.5 Å². The van der Waals surface area contributed by atoms with E-state index in [1.54, 1.807) is 23.7 Å². The molecule has 0 atom stereocenters. The first-order valence-corrected chi connectivity index (χ1v) is 4.91. The fourth-order valence-corrected chi connectivity index (χ4v) is 1.66. The summed E-state index contributed by atoms with van der Waals surface area (Å²) in [4.78, 5) is 12.1. The van der Waals surface area contributed by atoms with E-state index in [1.807, 2.05) is 12.3 Å². The predicted molar refractivity (Wildman–Crippen MR) is 52.9 cm³/mol. The van der Waals surface area contributed by atoms with Gasteiger partial charge in [0.1, 0.15) is 0 Å². The van der Waals surface area contributed by atoms with Crippen LogP contribution >= 0.6 is 22.9 Å². The second-order valence-electron chi connectivity index (χ2n) is 2.49. The van der Waals surface area contributed by atoms with Crippen LogP contribution in [0.5, 0.6) is 0 Å². The fourth-order valence-electron chi connectivity index (χ4n) is 0.941. The number of hydrogen-bond donors (Lipinski definition) is 0. The molecule has 0 aromatic carbocycles. The molecule has 0 saturated carbocycles. The van der Waals surface area contributed by atoms with Gasteiger partial charge < -0.3 is 0 Å². The van der Waals surface area contributed by atoms with Crippen molar-refractivity contribution < 1.29 is 0 Å². The molecule has 0 aliphatic heterocycles. The first kappa shape index (κ1) is 8.59. The second kappa shape index (κ2) is 3.40. The van der Waals surface area contributed by atoms with Crippen molar-refractivity contribution in [2.75, 3.05) is 0 Å². The van der Waals surface area contributed by atoms with Crippen LogP contribution in [0.2, 0.25) is 5.28 Å². The Bertz CT molecular complexity index is 410. The molecule has 0 aliphatic carbocycles. The number of nitrogens with zero attached hydrogens (tertiary/aromatic N) is 3. The molecule has 5 heteroatoms. The Morgan fingerprint density at radius 2 is 2.00 bits per heavy atom. The van der Waals surface area contributed by atoms with Gasteiger partial charge in [-0.25, -0.2) is 15.0 Å². The van der Waals surface area contributed by atoms with E-state index in [4.69, 9.17) is 11.6 Å². The summed E-state index contributed by atoms with van der Waals surface area (Å²) in [6, 6.07) is 0. The van der Waals surface area contributed by atoms with E-state index in [0.717, 1.165) is 16.3 Å². The van der Waals surface area contributed by atoms with E-state index in [0.29, 0.717) is 0 Å². The molecule has 0 saturated heterocycles. The third kappa shape index (κ3) is 1.84. The number of hydrogen-bond acceptors (Lipinski definition) is 4. The zero-order valence-corrected chi connectivity index (χ0v) is 8.43. The minimum atomic E-state index is 0.260. The largest absolute Gasteiger partial charge is 0.241 e. The maximum Gasteiger partial charge on any atom is 0.222 e. The van der Waals surface area contributed by atoms with Crippen LogP contribution in [0, 0.1) is 6.92 Å². The molecule has 13 heavy (non-hydrogen) atoms. The van der Waals surface area contributed by atoms with Gasteiger partial charge in [-0.05, 0) is 18.5 Å². The Balaban J connectivity index is 2.41. The van der Waals surface area contributed by atoms with Gasteiger partial charge >= 0.3 is 0 Å². The van der Waals surface area contributed by atoms with Gasteiger partial charge in [0.15, 0.2) is 0 Å². The molecule has 0 aliphatic rings. The summed E-state index contributed by atoms with van der Waals surface area (Å²) in [6.45, 7) is 1.96. The van der Waals surface area contributed by atoms with Crippen molar-refractivity contribution >= 4 is 22.9 Å². The molecule has 2 rings (SSSR count). The highest BCUT2D eigenvalue weighted by Gasteiger charge is 2.02. The smallest absolute Gasteiger partial charge is 0.222 e. The zero-order chi connectivity index (χ0) is 9.26. The number of thiazole rings is 1. The Hall–Kier alpha value is -1.00. The third-order valence-electron chi connectivity index (χ3n) is 1.54.